The molecule has 1 aliphatic heterocycles. The number of fused-ring (bicyclic) bond motifs is 10. The molecule has 5 nitrogen and oxygen atoms in total. The average molecular weight is 1430 g/mol. The fourth-order valence-corrected chi connectivity index (χ4v) is 16.9. The van der Waals surface area contributed by atoms with Crippen molar-refractivity contribution in [1.82, 2.24) is 14.1 Å². The molecule has 0 N–H and O–H groups in total. The molecule has 4 heterocycles. The first-order chi connectivity index (χ1) is 54.8. The van der Waals surface area contributed by atoms with Crippen molar-refractivity contribution >= 4 is 61.7 Å². The summed E-state index contributed by atoms with van der Waals surface area (Å²) in [4.78, 5) is 4.65. The van der Waals surface area contributed by atoms with Crippen molar-refractivity contribution in [3.8, 4) is 84.3 Å². The molecule has 94 heavy (non-hydrogen) atoms. The van der Waals surface area contributed by atoms with Crippen LogP contribution in [-0.2, 0) is 31.9 Å². The molecule has 15 aromatic rings. The van der Waals surface area contributed by atoms with Crippen LogP contribution in [0.15, 0.2) is 291 Å². The first-order valence-corrected chi connectivity index (χ1v) is 32.3. The van der Waals surface area contributed by atoms with Crippen LogP contribution in [0.1, 0.15) is 89.8 Å². The molecule has 0 aliphatic carbocycles. The average Bonchev–Trinajstić information content (AvgIpc) is 1.67. The maximum absolute atomic E-state index is 10.1. The van der Waals surface area contributed by atoms with Gasteiger partial charge < -0.3 is 9.30 Å². The number of aryl methyl sites for hydroxylation is 1. The number of ether oxygens (including phenoxy) is 1. The zero-order valence-electron chi connectivity index (χ0n) is 74.7. The van der Waals surface area contributed by atoms with Crippen LogP contribution in [0.2, 0.25) is 0 Å². The molecule has 0 amide bonds. The van der Waals surface area contributed by atoms with Gasteiger partial charge in [-0.2, -0.15) is 16.7 Å². The second-order valence-corrected chi connectivity index (χ2v) is 28.7. The number of hydrogen-bond acceptors (Lipinski definition) is 2. The molecule has 0 saturated carbocycles. The van der Waals surface area contributed by atoms with Gasteiger partial charge in [0, 0.05) is 70.8 Å². The van der Waals surface area contributed by atoms with E-state index in [1.807, 2.05) is 80.7 Å². The Balaban J connectivity index is 0.0000107. The van der Waals surface area contributed by atoms with E-state index in [4.69, 9.17) is 17.1 Å². The number of para-hydroxylation sites is 2. The van der Waals surface area contributed by atoms with Gasteiger partial charge in [-0.1, -0.05) is 271 Å². The first kappa shape index (κ1) is 39.3. The third-order valence-corrected chi connectivity index (χ3v) is 21.7. The van der Waals surface area contributed by atoms with E-state index in [0.717, 1.165) is 33.0 Å². The molecule has 0 saturated heterocycles. The molecule has 0 unspecified atom stereocenters. The summed E-state index contributed by atoms with van der Waals surface area (Å²) in [6, 6.07) is 37.6. The van der Waals surface area contributed by atoms with E-state index in [1.54, 1.807) is 60.7 Å². The molecule has 0 spiro atoms. The van der Waals surface area contributed by atoms with Gasteiger partial charge in [0.15, 0.2) is 19.1 Å². The summed E-state index contributed by atoms with van der Waals surface area (Å²) in [5.41, 5.74) is 7.86. The van der Waals surface area contributed by atoms with Crippen LogP contribution < -0.4 is 30.1 Å². The molecule has 0 bridgehead atoms. The Labute approximate surface area is 598 Å². The van der Waals surface area contributed by atoms with Crippen LogP contribution in [0.3, 0.4) is 0 Å². The Bertz CT molecular complexity index is 6490. The van der Waals surface area contributed by atoms with E-state index < -0.39 is 162 Å². The molecule has 16 rings (SSSR count). The molecule has 0 atom stereocenters. The summed E-state index contributed by atoms with van der Waals surface area (Å²) in [5.74, 6) is 0.755. The number of benzene rings is 12. The number of pyridine rings is 1. The fraction of sp³-hybridized carbons (Fsp3) is 0.103. The van der Waals surface area contributed by atoms with Crippen molar-refractivity contribution in [1.29, 1.82) is 0 Å². The maximum atomic E-state index is 10.1. The van der Waals surface area contributed by atoms with Crippen molar-refractivity contribution < 1.29 is 61.9 Å². The van der Waals surface area contributed by atoms with Crippen LogP contribution >= 0.6 is 0 Å². The summed E-state index contributed by atoms with van der Waals surface area (Å²) < 4.78 is 227. The number of imidazole rings is 1. The molecule has 1 aliphatic rings. The zero-order valence-corrected chi connectivity index (χ0v) is 55.0. The number of nitrogens with zero attached hydrogens (tertiary/aromatic N) is 4. The molecular formula is C87H69N4OPtSi-. The topological polar surface area (TPSA) is 35.9 Å². The minimum absolute atomic E-state index is 0. The Hall–Kier alpha value is -10.2. The SMILES string of the molecule is [2H]c1c([2H])c([2H])c(-c2cc3c4c(c2)n(-c2[c-]c(Oc5[c-]c6c(cc5)c5ccccc5n6-c5cc(C([2H])([2H])[2H])ccn5)ccc2)c[n+]4-c2c(-c4cc(C(C)(C)C)cc(C(C)(C)C)c4)cccc2-c2cc([Si](c4c([2H])c([2H])c([2H])c([2H])c4[2H])(c4c([2H])c([2H])c([2H])c([2H])c4[2H])c4c([2H])c([2H])c([2H])c([2H])c4[2H])ccc2-c2ccccc2-3)c([2H])c1[2H].[Pt]. The van der Waals surface area contributed by atoms with Gasteiger partial charge >= 0.3 is 0 Å². The van der Waals surface area contributed by atoms with Crippen LogP contribution in [0.5, 0.6) is 11.5 Å². The summed E-state index contributed by atoms with van der Waals surface area (Å²) in [5, 5.41) is -0.547. The van der Waals surface area contributed by atoms with Gasteiger partial charge in [-0.3, -0.25) is 0 Å². The molecule has 0 fully saturated rings. The van der Waals surface area contributed by atoms with Crippen molar-refractivity contribution in [2.75, 3.05) is 0 Å². The maximum Gasteiger partial charge on any atom is 0.253 e. The van der Waals surface area contributed by atoms with Gasteiger partial charge in [0.25, 0.3) is 6.33 Å². The molecular weight excluding hydrogens is 1340 g/mol. The molecule has 7 heteroatoms. The van der Waals surface area contributed by atoms with Crippen LogP contribution in [-0.4, -0.2) is 22.2 Å². The van der Waals surface area contributed by atoms with Gasteiger partial charge in [-0.05, 0) is 130 Å². The number of aromatic nitrogens is 4. The standard InChI is InChI=1S/C87H69N4OSi.Pt/c1-58-46-47-88-83(48-58)91-80-41-23-22-38-75(80)76-44-42-66(55-81(76)91)92-65-29-24-28-64(54-65)89-57-90-84-71(61-49-62(86(2,3)4)53-63(50-61)87(5,6)7)39-25-40-77(84)78-56-70(93(67-30-14-9-15-31-67,68-32-16-10-17-33-68)69-34-18-11-19-35-69)43-45-74(78)72-36-20-21-37-73(72)79-51-60(52-82(89)85(79)90)59-26-12-8-13-27-59;/h8-53,56-57H,1-7H3;/q-1;/i1D3,8D,9D,10D,11D,12D,13D,14D,15D,16D,17D,18D,19D,26D,27D,30D,31D,32D,33D,34D,35D;. The first-order valence-electron chi connectivity index (χ1n) is 41.8. The quantitative estimate of drug-likeness (QED) is 0.0592. The fourth-order valence-electron chi connectivity index (χ4n) is 13.1. The van der Waals surface area contributed by atoms with Crippen molar-refractivity contribution in [2.24, 2.45) is 0 Å². The Morgan fingerprint density at radius 1 is 0.468 bits per heavy atom. The Morgan fingerprint density at radius 2 is 1.06 bits per heavy atom. The van der Waals surface area contributed by atoms with E-state index in [-0.39, 0.29) is 60.0 Å². The normalized spacial score (nSPS) is 15.7. The van der Waals surface area contributed by atoms with Gasteiger partial charge in [-0.15, -0.1) is 29.7 Å². The second kappa shape index (κ2) is 23.7. The van der Waals surface area contributed by atoms with E-state index in [9.17, 15) is 19.2 Å². The van der Waals surface area contributed by atoms with Crippen LogP contribution in [0.25, 0.3) is 106 Å². The summed E-state index contributed by atoms with van der Waals surface area (Å²) in [6.07, 6.45) is 3.28. The van der Waals surface area contributed by atoms with E-state index in [1.165, 1.54) is 24.4 Å². The minimum atomic E-state index is -5.80. The minimum Gasteiger partial charge on any atom is -0.509 e. The largest absolute Gasteiger partial charge is 0.509 e. The van der Waals surface area contributed by atoms with Gasteiger partial charge in [0.1, 0.15) is 11.5 Å². The monoisotopic (exact) mass is 1430 g/mol. The molecule has 0 radical (unpaired) electrons. The van der Waals surface area contributed by atoms with Crippen LogP contribution in [0, 0.1) is 19.0 Å². The molecule has 3 aromatic heterocycles. The third kappa shape index (κ3) is 10.3. The Morgan fingerprint density at radius 3 is 1.73 bits per heavy atom. The number of hydrogen-bond donors (Lipinski definition) is 0. The van der Waals surface area contributed by atoms with E-state index >= 15 is 0 Å². The number of rotatable bonds is 10. The summed E-state index contributed by atoms with van der Waals surface area (Å²) >= 11 is 0. The van der Waals surface area contributed by atoms with Crippen molar-refractivity contribution in [2.45, 2.75) is 59.2 Å². The smallest absolute Gasteiger partial charge is 0.253 e. The van der Waals surface area contributed by atoms with E-state index in [0.29, 0.717) is 67.1 Å². The predicted octanol–water partition coefficient (Wildman–Crippen LogP) is 18.7. The van der Waals surface area contributed by atoms with E-state index in [2.05, 4.69) is 76.9 Å². The Kier molecular flexibility index (Phi) is 9.92. The van der Waals surface area contributed by atoms with Gasteiger partial charge in [-0.25, -0.2) is 9.55 Å². The summed E-state index contributed by atoms with van der Waals surface area (Å²) in [6.45, 7) is 10.2. The summed E-state index contributed by atoms with van der Waals surface area (Å²) in [7, 11) is -5.80. The third-order valence-electron chi connectivity index (χ3n) is 17.5. The van der Waals surface area contributed by atoms with Crippen molar-refractivity contribution in [3.63, 3.8) is 0 Å². The molecule has 12 aromatic carbocycles. The second-order valence-electron chi connectivity index (χ2n) is 25.1. The van der Waals surface area contributed by atoms with Gasteiger partial charge in [0.2, 0.25) is 0 Å². The van der Waals surface area contributed by atoms with Crippen LogP contribution in [0.4, 0.5) is 0 Å². The van der Waals surface area contributed by atoms with Crippen molar-refractivity contribution in [3.05, 3.63) is 320 Å². The van der Waals surface area contributed by atoms with Gasteiger partial charge in [0.05, 0.1) is 27.4 Å². The zero-order chi connectivity index (χ0) is 83.1. The predicted molar refractivity (Wildman–Crippen MR) is 388 cm³/mol. The molecule has 458 valence electrons.